The number of rotatable bonds is 7. The van der Waals surface area contributed by atoms with Crippen LogP contribution in [0.2, 0.25) is 0 Å². The Bertz CT molecular complexity index is 1230. The SMILES string of the molecule is CC1Cc2ccccc2N(Cc2ccc(-c3ccccc3CO)cc2)C(=O)C1NC(=O)CC(C)(C)N. The highest BCUT2D eigenvalue weighted by atomic mass is 16.3. The van der Waals surface area contributed by atoms with E-state index < -0.39 is 11.6 Å². The van der Waals surface area contributed by atoms with Crippen LogP contribution in [0.4, 0.5) is 5.69 Å². The van der Waals surface area contributed by atoms with Crippen LogP contribution in [0.3, 0.4) is 0 Å². The summed E-state index contributed by atoms with van der Waals surface area (Å²) >= 11 is 0. The molecule has 6 nitrogen and oxygen atoms in total. The first-order valence-electron chi connectivity index (χ1n) is 12.4. The first-order chi connectivity index (χ1) is 17.2. The minimum atomic E-state index is -0.653. The van der Waals surface area contributed by atoms with Crippen molar-refractivity contribution in [1.29, 1.82) is 0 Å². The number of anilines is 1. The lowest BCUT2D eigenvalue weighted by Gasteiger charge is -2.29. The first kappa shape index (κ1) is 25.6. The second-order valence-corrected chi connectivity index (χ2v) is 10.5. The molecule has 1 aliphatic heterocycles. The van der Waals surface area contributed by atoms with Gasteiger partial charge in [0.15, 0.2) is 0 Å². The Morgan fingerprint density at radius 2 is 1.72 bits per heavy atom. The van der Waals surface area contributed by atoms with Crippen LogP contribution in [0.1, 0.15) is 43.9 Å². The van der Waals surface area contributed by atoms with Crippen molar-refractivity contribution in [2.45, 2.75) is 58.3 Å². The predicted molar refractivity (Wildman–Crippen MR) is 143 cm³/mol. The highest BCUT2D eigenvalue weighted by Gasteiger charge is 2.36. The molecule has 1 heterocycles. The first-order valence-corrected chi connectivity index (χ1v) is 12.4. The maximum atomic E-state index is 13.8. The molecule has 4 N–H and O–H groups in total. The fourth-order valence-electron chi connectivity index (χ4n) is 4.86. The van der Waals surface area contributed by atoms with Crippen molar-refractivity contribution in [2.24, 2.45) is 11.7 Å². The molecule has 3 aromatic carbocycles. The number of amides is 2. The van der Waals surface area contributed by atoms with Crippen LogP contribution in [-0.4, -0.2) is 28.5 Å². The zero-order valence-electron chi connectivity index (χ0n) is 21.2. The number of hydrogen-bond acceptors (Lipinski definition) is 4. The van der Waals surface area contributed by atoms with E-state index in [1.165, 1.54) is 0 Å². The van der Waals surface area contributed by atoms with Gasteiger partial charge in [0.1, 0.15) is 6.04 Å². The number of nitrogens with zero attached hydrogens (tertiary/aromatic N) is 1. The van der Waals surface area contributed by atoms with Crippen molar-refractivity contribution in [2.75, 3.05) is 4.90 Å². The fraction of sp³-hybridized carbons (Fsp3) is 0.333. The molecule has 2 atom stereocenters. The molecule has 6 heteroatoms. The molecule has 2 unspecified atom stereocenters. The lowest BCUT2D eigenvalue weighted by Crippen LogP contribution is -2.52. The van der Waals surface area contributed by atoms with Gasteiger partial charge in [-0.1, -0.05) is 73.7 Å². The summed E-state index contributed by atoms with van der Waals surface area (Å²) in [6.07, 6.45) is 0.833. The number of para-hydroxylation sites is 1. The summed E-state index contributed by atoms with van der Waals surface area (Å²) < 4.78 is 0. The Kier molecular flexibility index (Phi) is 7.57. The molecule has 0 fully saturated rings. The normalized spacial score (nSPS) is 17.9. The second-order valence-electron chi connectivity index (χ2n) is 10.5. The van der Waals surface area contributed by atoms with Crippen molar-refractivity contribution in [3.05, 3.63) is 89.5 Å². The van der Waals surface area contributed by atoms with Crippen LogP contribution in [0, 0.1) is 5.92 Å². The van der Waals surface area contributed by atoms with E-state index in [1.807, 2.05) is 79.7 Å². The highest BCUT2D eigenvalue weighted by Crippen LogP contribution is 2.32. The van der Waals surface area contributed by atoms with Gasteiger partial charge in [0.2, 0.25) is 11.8 Å². The molecule has 0 saturated heterocycles. The Balaban J connectivity index is 1.62. The molecule has 36 heavy (non-hydrogen) atoms. The van der Waals surface area contributed by atoms with E-state index in [-0.39, 0.29) is 30.8 Å². The van der Waals surface area contributed by atoms with Crippen molar-refractivity contribution in [3.8, 4) is 11.1 Å². The Hall–Kier alpha value is -3.48. The third kappa shape index (κ3) is 5.83. The maximum absolute atomic E-state index is 13.8. The minimum absolute atomic E-state index is 0.0242. The van der Waals surface area contributed by atoms with Gasteiger partial charge in [-0.25, -0.2) is 0 Å². The Morgan fingerprint density at radius 3 is 2.42 bits per heavy atom. The standard InChI is InChI=1S/C30H35N3O3/c1-20-16-23-8-5-7-11-26(23)33(29(36)28(20)32-27(35)17-30(2,3)31)18-21-12-14-22(15-13-21)25-10-6-4-9-24(25)19-34/h4-15,20,28,34H,16-19,31H2,1-3H3,(H,32,35). The molecule has 0 saturated carbocycles. The van der Waals surface area contributed by atoms with Crippen LogP contribution in [-0.2, 0) is 29.2 Å². The van der Waals surface area contributed by atoms with E-state index in [9.17, 15) is 14.7 Å². The molecule has 2 amide bonds. The largest absolute Gasteiger partial charge is 0.392 e. The smallest absolute Gasteiger partial charge is 0.250 e. The zero-order chi connectivity index (χ0) is 25.9. The van der Waals surface area contributed by atoms with E-state index in [1.54, 1.807) is 18.7 Å². The maximum Gasteiger partial charge on any atom is 0.250 e. The molecule has 3 aromatic rings. The summed E-state index contributed by atoms with van der Waals surface area (Å²) in [5.41, 5.74) is 11.2. The average Bonchev–Trinajstić information content (AvgIpc) is 2.93. The van der Waals surface area contributed by atoms with Crippen molar-refractivity contribution < 1.29 is 14.7 Å². The van der Waals surface area contributed by atoms with Crippen LogP contribution in [0.5, 0.6) is 0 Å². The number of carbonyl (C=O) groups is 2. The molecule has 0 aliphatic carbocycles. The molecule has 1 aliphatic rings. The zero-order valence-corrected chi connectivity index (χ0v) is 21.2. The van der Waals surface area contributed by atoms with E-state index in [4.69, 9.17) is 5.73 Å². The minimum Gasteiger partial charge on any atom is -0.392 e. The number of aliphatic hydroxyl groups excluding tert-OH is 1. The van der Waals surface area contributed by atoms with Crippen LogP contribution in [0.15, 0.2) is 72.8 Å². The van der Waals surface area contributed by atoms with Gasteiger partial charge >= 0.3 is 0 Å². The van der Waals surface area contributed by atoms with Gasteiger partial charge in [0.25, 0.3) is 0 Å². The van der Waals surface area contributed by atoms with E-state index in [2.05, 4.69) is 5.32 Å². The summed E-state index contributed by atoms with van der Waals surface area (Å²) in [5, 5.41) is 12.7. The summed E-state index contributed by atoms with van der Waals surface area (Å²) in [5.74, 6) is -0.401. The molecule has 188 valence electrons. The van der Waals surface area contributed by atoms with Gasteiger partial charge in [-0.2, -0.15) is 0 Å². The molecule has 0 spiro atoms. The third-order valence-corrected chi connectivity index (χ3v) is 6.65. The molecular formula is C30H35N3O3. The number of nitrogens with two attached hydrogens (primary N) is 1. The van der Waals surface area contributed by atoms with Gasteiger partial charge in [0.05, 0.1) is 13.2 Å². The monoisotopic (exact) mass is 485 g/mol. The summed E-state index contributed by atoms with van der Waals surface area (Å²) in [7, 11) is 0. The molecule has 4 rings (SSSR count). The number of benzene rings is 3. The number of aliphatic hydroxyl groups is 1. The number of nitrogens with one attached hydrogen (secondary N) is 1. The number of carbonyl (C=O) groups excluding carboxylic acids is 2. The van der Waals surface area contributed by atoms with E-state index in [0.29, 0.717) is 13.0 Å². The van der Waals surface area contributed by atoms with E-state index >= 15 is 0 Å². The third-order valence-electron chi connectivity index (χ3n) is 6.65. The summed E-state index contributed by atoms with van der Waals surface area (Å²) in [4.78, 5) is 28.3. The number of hydrogen-bond donors (Lipinski definition) is 3. The Morgan fingerprint density at radius 1 is 1.06 bits per heavy atom. The van der Waals surface area contributed by atoms with Crippen molar-refractivity contribution in [3.63, 3.8) is 0 Å². The van der Waals surface area contributed by atoms with Gasteiger partial charge < -0.3 is 21.1 Å². The van der Waals surface area contributed by atoms with Gasteiger partial charge in [-0.3, -0.25) is 9.59 Å². The summed E-state index contributed by atoms with van der Waals surface area (Å²) in [6, 6.07) is 23.1. The van der Waals surface area contributed by atoms with Crippen molar-refractivity contribution in [1.82, 2.24) is 5.32 Å². The predicted octanol–water partition coefficient (Wildman–Crippen LogP) is 4.18. The number of fused-ring (bicyclic) bond motifs is 1. The Labute approximate surface area is 213 Å². The highest BCUT2D eigenvalue weighted by molar-refractivity contribution is 6.00. The quantitative estimate of drug-likeness (QED) is 0.468. The lowest BCUT2D eigenvalue weighted by atomic mass is 9.94. The van der Waals surface area contributed by atoms with Crippen LogP contribution < -0.4 is 16.0 Å². The van der Waals surface area contributed by atoms with E-state index in [0.717, 1.165) is 33.5 Å². The molecular weight excluding hydrogens is 450 g/mol. The van der Waals surface area contributed by atoms with Crippen molar-refractivity contribution >= 4 is 17.5 Å². The van der Waals surface area contributed by atoms with Gasteiger partial charge in [-0.15, -0.1) is 0 Å². The topological polar surface area (TPSA) is 95.7 Å². The van der Waals surface area contributed by atoms with Gasteiger partial charge in [0, 0.05) is 17.6 Å². The molecule has 0 radical (unpaired) electrons. The summed E-state index contributed by atoms with van der Waals surface area (Å²) in [6.45, 7) is 5.97. The average molecular weight is 486 g/mol. The molecule has 0 bridgehead atoms. The lowest BCUT2D eigenvalue weighted by molar-refractivity contribution is -0.129. The molecule has 0 aromatic heterocycles. The second kappa shape index (κ2) is 10.6. The van der Waals surface area contributed by atoms with Crippen LogP contribution >= 0.6 is 0 Å². The van der Waals surface area contributed by atoms with Crippen LogP contribution in [0.25, 0.3) is 11.1 Å². The van der Waals surface area contributed by atoms with Gasteiger partial charge in [-0.05, 0) is 60.1 Å². The fourth-order valence-corrected chi connectivity index (χ4v) is 4.86.